The van der Waals surface area contributed by atoms with Crippen LogP contribution in [-0.2, 0) is 28.5 Å². The van der Waals surface area contributed by atoms with Crippen molar-refractivity contribution in [3.05, 3.63) is 12.2 Å². The van der Waals surface area contributed by atoms with Crippen LogP contribution in [-0.4, -0.2) is 37.7 Å². The van der Waals surface area contributed by atoms with Gasteiger partial charge in [-0.2, -0.15) is 0 Å². The van der Waals surface area contributed by atoms with Gasteiger partial charge in [-0.3, -0.25) is 9.59 Å². The number of rotatable bonds is 10. The van der Waals surface area contributed by atoms with Crippen LogP contribution in [0.1, 0.15) is 54.4 Å². The van der Waals surface area contributed by atoms with Gasteiger partial charge in [0.1, 0.15) is 0 Å². The average Bonchev–Trinajstić information content (AvgIpc) is 3.48. The van der Waals surface area contributed by atoms with E-state index in [0.717, 1.165) is 12.8 Å². The van der Waals surface area contributed by atoms with Gasteiger partial charge in [0.05, 0.1) is 25.0 Å². The van der Waals surface area contributed by atoms with E-state index < -0.39 is 24.4 Å². The minimum Gasteiger partial charge on any atom is -0.436 e. The fourth-order valence-electron chi connectivity index (χ4n) is 6.89. The lowest BCUT2D eigenvalue weighted by atomic mass is 9.65. The van der Waals surface area contributed by atoms with Crippen LogP contribution in [0.3, 0.4) is 0 Å². The van der Waals surface area contributed by atoms with Gasteiger partial charge in [0.25, 0.3) is 0 Å². The molecule has 3 saturated carbocycles. The minimum atomic E-state index is -0.621. The van der Waals surface area contributed by atoms with E-state index >= 15 is 0 Å². The molecule has 0 aliphatic heterocycles. The molecule has 0 aromatic carbocycles. The Hall–Kier alpha value is -1.40. The summed E-state index contributed by atoms with van der Waals surface area (Å²) in [6.07, 6.45) is 5.49. The smallest absolute Gasteiger partial charge is 0.312 e. The third-order valence-electron chi connectivity index (χ3n) is 7.86. The summed E-state index contributed by atoms with van der Waals surface area (Å²) in [6.45, 7) is 12.8. The Labute approximate surface area is 192 Å². The second-order valence-electron chi connectivity index (χ2n) is 11.2. The van der Waals surface area contributed by atoms with E-state index in [2.05, 4.69) is 39.8 Å². The molecule has 10 atom stereocenters. The number of ether oxygens (including phenoxy) is 4. The van der Waals surface area contributed by atoms with Crippen molar-refractivity contribution in [2.75, 3.05) is 13.2 Å². The molecule has 10 unspecified atom stereocenters. The van der Waals surface area contributed by atoms with Crippen molar-refractivity contribution in [2.24, 2.45) is 59.2 Å². The van der Waals surface area contributed by atoms with Crippen molar-refractivity contribution in [2.45, 2.75) is 67.0 Å². The van der Waals surface area contributed by atoms with Gasteiger partial charge in [-0.1, -0.05) is 39.8 Å². The standard InChI is InChI=1S/C26H40O6/c1-13(2)11-29-15(5)31-25(27)23-19-10-20(22-18-8-7-17(9-18)21(19)22)24(23)26(28)32-16(6)30-12-14(3)4/h7-8,13-24H,9-12H2,1-6H3. The van der Waals surface area contributed by atoms with Crippen molar-refractivity contribution in [3.8, 4) is 0 Å². The van der Waals surface area contributed by atoms with Crippen molar-refractivity contribution in [1.29, 1.82) is 0 Å². The van der Waals surface area contributed by atoms with Gasteiger partial charge in [0.15, 0.2) is 12.6 Å². The molecule has 0 N–H and O–H groups in total. The Morgan fingerprint density at radius 2 is 1.12 bits per heavy atom. The summed E-state index contributed by atoms with van der Waals surface area (Å²) in [5, 5.41) is 0. The van der Waals surface area contributed by atoms with Gasteiger partial charge < -0.3 is 18.9 Å². The van der Waals surface area contributed by atoms with E-state index in [-0.39, 0.29) is 23.8 Å². The predicted octanol–water partition coefficient (Wildman–Crippen LogP) is 4.43. The molecule has 180 valence electrons. The lowest BCUT2D eigenvalue weighted by Gasteiger charge is -2.40. The first kappa shape index (κ1) is 23.7. The van der Waals surface area contributed by atoms with Crippen molar-refractivity contribution in [3.63, 3.8) is 0 Å². The van der Waals surface area contributed by atoms with Crippen LogP contribution in [0.25, 0.3) is 0 Å². The maximum atomic E-state index is 13.3. The molecule has 6 nitrogen and oxygen atoms in total. The highest BCUT2D eigenvalue weighted by atomic mass is 16.7. The van der Waals surface area contributed by atoms with Gasteiger partial charge in [-0.15, -0.1) is 0 Å². The highest BCUT2D eigenvalue weighted by molar-refractivity contribution is 5.84. The number of carbonyl (C=O) groups is 2. The highest BCUT2D eigenvalue weighted by Crippen LogP contribution is 2.69. The summed E-state index contributed by atoms with van der Waals surface area (Å²) in [4.78, 5) is 26.7. The van der Waals surface area contributed by atoms with Crippen molar-refractivity contribution >= 4 is 11.9 Å². The second kappa shape index (κ2) is 9.46. The summed E-state index contributed by atoms with van der Waals surface area (Å²) in [5.41, 5.74) is 0. The Morgan fingerprint density at radius 3 is 1.50 bits per heavy atom. The molecule has 0 aromatic heterocycles. The first-order chi connectivity index (χ1) is 15.2. The molecule has 32 heavy (non-hydrogen) atoms. The number of allylic oxidation sites excluding steroid dienone is 2. The number of carbonyl (C=O) groups excluding carboxylic acids is 2. The maximum absolute atomic E-state index is 13.3. The van der Waals surface area contributed by atoms with Crippen LogP contribution in [0, 0.1) is 59.2 Å². The average molecular weight is 449 g/mol. The van der Waals surface area contributed by atoms with Crippen LogP contribution < -0.4 is 0 Å². The van der Waals surface area contributed by atoms with E-state index in [1.807, 2.05) is 0 Å². The Morgan fingerprint density at radius 1 is 0.719 bits per heavy atom. The normalized spacial score (nSPS) is 38.4. The van der Waals surface area contributed by atoms with E-state index in [1.54, 1.807) is 13.8 Å². The van der Waals surface area contributed by atoms with Gasteiger partial charge >= 0.3 is 11.9 Å². The summed E-state index contributed by atoms with van der Waals surface area (Å²) in [6, 6.07) is 0. The maximum Gasteiger partial charge on any atom is 0.312 e. The molecular weight excluding hydrogens is 408 g/mol. The number of hydrogen-bond acceptors (Lipinski definition) is 6. The SMILES string of the molecule is CC(C)COC(C)OC(=O)C1C2CC(C1C(=O)OC(C)OCC(C)C)C1C3C=CC(C3)C21. The molecule has 4 aliphatic rings. The highest BCUT2D eigenvalue weighted by Gasteiger charge is 2.68. The minimum absolute atomic E-state index is 0.180. The zero-order valence-corrected chi connectivity index (χ0v) is 20.4. The molecule has 3 fully saturated rings. The topological polar surface area (TPSA) is 71.1 Å². The first-order valence-electron chi connectivity index (χ1n) is 12.5. The van der Waals surface area contributed by atoms with Gasteiger partial charge in [-0.05, 0) is 74.0 Å². The molecule has 0 aromatic rings. The summed E-state index contributed by atoms with van der Waals surface area (Å²) in [5.74, 6) is 1.59. The fourth-order valence-corrected chi connectivity index (χ4v) is 6.89. The van der Waals surface area contributed by atoms with E-state index in [9.17, 15) is 9.59 Å². The van der Waals surface area contributed by atoms with Crippen LogP contribution in [0.4, 0.5) is 0 Å². The summed E-state index contributed by atoms with van der Waals surface area (Å²) < 4.78 is 22.8. The van der Waals surface area contributed by atoms with Crippen LogP contribution in [0.2, 0.25) is 0 Å². The molecule has 0 heterocycles. The van der Waals surface area contributed by atoms with Crippen LogP contribution in [0.15, 0.2) is 12.2 Å². The van der Waals surface area contributed by atoms with E-state index in [0.29, 0.717) is 48.7 Å². The molecule has 4 rings (SSSR count). The Balaban J connectivity index is 1.48. The molecule has 0 radical (unpaired) electrons. The Bertz CT molecular complexity index is 672. The van der Waals surface area contributed by atoms with Crippen molar-refractivity contribution < 1.29 is 28.5 Å². The van der Waals surface area contributed by atoms with Crippen LogP contribution >= 0.6 is 0 Å². The number of hydrogen-bond donors (Lipinski definition) is 0. The lowest BCUT2D eigenvalue weighted by Crippen LogP contribution is -2.46. The van der Waals surface area contributed by atoms with E-state index in [4.69, 9.17) is 18.9 Å². The predicted molar refractivity (Wildman–Crippen MR) is 119 cm³/mol. The first-order valence-corrected chi connectivity index (χ1v) is 12.5. The van der Waals surface area contributed by atoms with Gasteiger partial charge in [0.2, 0.25) is 0 Å². The lowest BCUT2D eigenvalue weighted by molar-refractivity contribution is -0.198. The molecule has 4 aliphatic carbocycles. The second-order valence-corrected chi connectivity index (χ2v) is 11.2. The number of esters is 2. The number of fused-ring (bicyclic) bond motifs is 9. The monoisotopic (exact) mass is 448 g/mol. The largest absolute Gasteiger partial charge is 0.436 e. The van der Waals surface area contributed by atoms with Gasteiger partial charge in [-0.25, -0.2) is 0 Å². The summed E-state index contributed by atoms with van der Waals surface area (Å²) in [7, 11) is 0. The summed E-state index contributed by atoms with van der Waals surface area (Å²) >= 11 is 0. The third kappa shape index (κ3) is 4.50. The fraction of sp³-hybridized carbons (Fsp3) is 0.846. The zero-order valence-electron chi connectivity index (χ0n) is 20.4. The molecule has 0 amide bonds. The van der Waals surface area contributed by atoms with Crippen LogP contribution in [0.5, 0.6) is 0 Å². The third-order valence-corrected chi connectivity index (χ3v) is 7.86. The van der Waals surface area contributed by atoms with Gasteiger partial charge in [0, 0.05) is 0 Å². The quantitative estimate of drug-likeness (QED) is 0.213. The molecule has 6 heteroatoms. The van der Waals surface area contributed by atoms with E-state index in [1.165, 1.54) is 0 Å². The zero-order chi connectivity index (χ0) is 23.2. The molecule has 0 spiro atoms. The van der Waals surface area contributed by atoms with Crippen molar-refractivity contribution in [1.82, 2.24) is 0 Å². The Kier molecular flexibility index (Phi) is 7.02. The molecule has 0 saturated heterocycles. The molecule has 4 bridgehead atoms. The molecular formula is C26H40O6.